The van der Waals surface area contributed by atoms with Gasteiger partial charge in [-0.3, -0.25) is 33.5 Å². The van der Waals surface area contributed by atoms with Crippen molar-refractivity contribution in [1.29, 1.82) is 0 Å². The number of aromatic nitrogens is 2. The standard InChI is InChI=1S/C25H24N6O6.C2H3BrO2.C2H3N3O2.2CH4.ClH.N3.Na.H2O/c1-4-25(37-21(34)9-27-29-26)16-8-18-22-13(10-31(18)24(35)23(16)36-12-20(25)33)7-14-15(11-30(2)3)19(32)6-5-17(14)28-22;3-1-2(4)5;3-5-4-1-2(6)7;;;;1-3-2;;/h5-8,32H,4,9-12H2,1-3H3;1H2,(H,4,5);1H2,(H,6,7);2*1H4;1H;;;1H2/q;;;;;;-1;+1;/t25-;;;;;;;;/m0......../s1. The molecule has 2 aliphatic heterocycles. The van der Waals surface area contributed by atoms with Gasteiger partial charge in [0.05, 0.1) is 29.0 Å². The first-order valence-electron chi connectivity index (χ1n) is 14.6. The topological polar surface area (TPSA) is 373 Å². The summed E-state index contributed by atoms with van der Waals surface area (Å²) in [7, 11) is 3.81. The number of phenolic OH excluding ortho intramolecular Hbond substituents is 1. The number of hydrogen-bond acceptors (Lipinski definition) is 12. The van der Waals surface area contributed by atoms with E-state index in [2.05, 4.69) is 36.0 Å². The smallest absolute Gasteiger partial charge is 0.508 e. The average Bonchev–Trinajstić information content (AvgIpc) is 3.46. The number of Topliss-reactive ketones (excluding diaryl/α,β-unsaturated/α-hetero) is 1. The summed E-state index contributed by atoms with van der Waals surface area (Å²) in [4.78, 5) is 70.8. The van der Waals surface area contributed by atoms with Crippen molar-refractivity contribution in [1.82, 2.24) is 14.5 Å². The number of fused-ring (bicyclic) bond motifs is 5. The first-order chi connectivity index (χ1) is 24.6. The summed E-state index contributed by atoms with van der Waals surface area (Å²) < 4.78 is 12.6. The number of carboxylic acids is 2. The molecule has 0 fully saturated rings. The Morgan fingerprint density at radius 1 is 1.05 bits per heavy atom. The van der Waals surface area contributed by atoms with Gasteiger partial charge in [-0.25, -0.2) is 4.98 Å². The zero-order valence-electron chi connectivity index (χ0n) is 29.6. The third-order valence-electron chi connectivity index (χ3n) is 7.13. The first kappa shape index (κ1) is 58.6. The Morgan fingerprint density at radius 3 is 2.09 bits per heavy atom. The van der Waals surface area contributed by atoms with E-state index in [0.717, 1.165) is 16.5 Å². The van der Waals surface area contributed by atoms with Crippen LogP contribution in [-0.4, -0.2) is 98.1 Å². The van der Waals surface area contributed by atoms with Gasteiger partial charge in [-0.1, -0.05) is 47.9 Å². The molecule has 0 aliphatic carbocycles. The van der Waals surface area contributed by atoms with Gasteiger partial charge in [0.25, 0.3) is 5.56 Å². The third-order valence-corrected chi connectivity index (χ3v) is 7.61. The summed E-state index contributed by atoms with van der Waals surface area (Å²) in [6.07, 6.45) is 0.0538. The number of azide groups is 2. The Morgan fingerprint density at radius 2 is 1.61 bits per heavy atom. The third kappa shape index (κ3) is 14.7. The minimum atomic E-state index is -1.76. The molecule has 23 nitrogen and oxygen atoms in total. The van der Waals surface area contributed by atoms with Gasteiger partial charge in [0, 0.05) is 32.9 Å². The molecule has 3 aromatic rings. The van der Waals surface area contributed by atoms with Gasteiger partial charge in [0.2, 0.25) is 11.4 Å². The van der Waals surface area contributed by atoms with E-state index in [1.165, 1.54) is 9.48 Å². The maximum Gasteiger partial charge on any atom is 1.00 e. The number of ether oxygens (including phenoxy) is 2. The van der Waals surface area contributed by atoms with Gasteiger partial charge < -0.3 is 46.2 Å². The van der Waals surface area contributed by atoms with Crippen LogP contribution >= 0.6 is 28.3 Å². The van der Waals surface area contributed by atoms with Crippen LogP contribution in [0, 0.1) is 0 Å². The van der Waals surface area contributed by atoms with Crippen LogP contribution in [0.2, 0.25) is 0 Å². The van der Waals surface area contributed by atoms with Crippen molar-refractivity contribution < 1.29 is 79.0 Å². The molecular formula is C31H41BrClN12NaO11. The fourth-order valence-electron chi connectivity index (χ4n) is 5.13. The van der Waals surface area contributed by atoms with E-state index in [1.54, 1.807) is 25.1 Å². The number of carbonyl (C=O) groups excluding carboxylic acids is 2. The molecule has 306 valence electrons. The molecule has 1 aromatic carbocycles. The predicted octanol–water partition coefficient (Wildman–Crippen LogP) is 2.20. The molecule has 0 saturated carbocycles. The van der Waals surface area contributed by atoms with Crippen LogP contribution in [0.4, 0.5) is 0 Å². The molecule has 5 N–H and O–H groups in total. The maximum absolute atomic E-state index is 13.5. The summed E-state index contributed by atoms with van der Waals surface area (Å²) in [6.45, 7) is 0.884. The van der Waals surface area contributed by atoms with Crippen molar-refractivity contribution in [2.75, 3.05) is 39.1 Å². The van der Waals surface area contributed by atoms with Crippen LogP contribution in [0.15, 0.2) is 39.3 Å². The van der Waals surface area contributed by atoms with E-state index in [1.807, 2.05) is 25.1 Å². The summed E-state index contributed by atoms with van der Waals surface area (Å²) in [5, 5.41) is 32.7. The second-order valence-electron chi connectivity index (χ2n) is 10.7. The number of nitrogens with zero attached hydrogens (tertiary/aromatic N) is 12. The normalized spacial score (nSPS) is 13.0. The Hall–Kier alpha value is -5.12. The molecule has 1 atom stereocenters. The van der Waals surface area contributed by atoms with Crippen LogP contribution in [0.5, 0.6) is 11.5 Å². The number of phenols is 1. The van der Waals surface area contributed by atoms with Crippen LogP contribution < -0.4 is 39.9 Å². The number of pyridine rings is 2. The van der Waals surface area contributed by atoms with Gasteiger partial charge in [-0.15, -0.1) is 12.4 Å². The van der Waals surface area contributed by atoms with Crippen molar-refractivity contribution in [3.8, 4) is 22.9 Å². The number of aliphatic carboxylic acids is 2. The van der Waals surface area contributed by atoms with Crippen molar-refractivity contribution in [2.45, 2.75) is 46.9 Å². The second-order valence-corrected chi connectivity index (χ2v) is 11.2. The van der Waals surface area contributed by atoms with Crippen molar-refractivity contribution in [3.63, 3.8) is 0 Å². The van der Waals surface area contributed by atoms with Crippen LogP contribution in [0.25, 0.3) is 59.2 Å². The molecule has 0 radical (unpaired) electrons. The molecule has 2 aliphatic rings. The predicted molar refractivity (Wildman–Crippen MR) is 210 cm³/mol. The number of hydrogen-bond donors (Lipinski definition) is 3. The molecule has 5 rings (SSSR count). The van der Waals surface area contributed by atoms with Crippen molar-refractivity contribution in [3.05, 3.63) is 88.2 Å². The number of alkyl halides is 1. The van der Waals surface area contributed by atoms with Crippen LogP contribution in [-0.2, 0) is 42.6 Å². The number of carboxylic acid groups (broad SMARTS) is 2. The average molecular weight is 896 g/mol. The molecule has 0 unspecified atom stereocenters. The van der Waals surface area contributed by atoms with Gasteiger partial charge in [-0.2, -0.15) is 0 Å². The molecule has 0 amide bonds. The van der Waals surface area contributed by atoms with Crippen LogP contribution in [0.1, 0.15) is 44.9 Å². The SMILES string of the molecule is C.C.CC[C@@]1(OC(=O)CN=[N+]=[N-])C(=O)COc2c1cc1n(c2=O)Cc2cc3c(CN(C)C)c(O)ccc3nc2-1.Cl.O.O=C(O)CBr.[N-]=[N+]=NCC(=O)O.[N-]=[N+]=[N-].[Na+]. The van der Waals surface area contributed by atoms with E-state index in [-0.39, 0.29) is 97.7 Å². The second kappa shape index (κ2) is 27.5. The number of ketones is 1. The van der Waals surface area contributed by atoms with Crippen molar-refractivity contribution in [2.24, 2.45) is 10.2 Å². The molecule has 0 spiro atoms. The maximum atomic E-state index is 13.5. The number of rotatable bonds is 9. The molecule has 4 heterocycles. The fraction of sp³-hybridized carbons (Fsp3) is 0.419. The zero-order chi connectivity index (χ0) is 39.2. The summed E-state index contributed by atoms with van der Waals surface area (Å²) >= 11 is 2.71. The number of carbonyl (C=O) groups is 4. The molecule has 0 bridgehead atoms. The summed E-state index contributed by atoms with van der Waals surface area (Å²) in [6, 6.07) is 6.83. The van der Waals surface area contributed by atoms with E-state index in [4.69, 9.17) is 46.8 Å². The van der Waals surface area contributed by atoms with Crippen LogP contribution in [0.3, 0.4) is 0 Å². The van der Waals surface area contributed by atoms with E-state index >= 15 is 0 Å². The van der Waals surface area contributed by atoms with Gasteiger partial charge in [0.15, 0.2) is 12.4 Å². The minimum Gasteiger partial charge on any atom is -0.508 e. The zero-order valence-corrected chi connectivity index (χ0v) is 34.0. The minimum absolute atomic E-state index is 0. The molecule has 0 saturated heterocycles. The Kier molecular flexibility index (Phi) is 28.2. The number of aromatic hydroxyl groups is 1. The summed E-state index contributed by atoms with van der Waals surface area (Å²) in [5.41, 5.74) is 30.6. The van der Waals surface area contributed by atoms with E-state index < -0.39 is 54.5 Å². The Labute approximate surface area is 361 Å². The number of benzene rings is 1. The largest absolute Gasteiger partial charge is 1.00 e. The first-order valence-corrected chi connectivity index (χ1v) is 15.7. The monoisotopic (exact) mass is 894 g/mol. The van der Waals surface area contributed by atoms with E-state index in [9.17, 15) is 29.1 Å². The Balaban J connectivity index is -0.000000605. The molecule has 57 heavy (non-hydrogen) atoms. The molecular weight excluding hydrogens is 855 g/mol. The van der Waals surface area contributed by atoms with Gasteiger partial charge >= 0.3 is 47.5 Å². The molecule has 26 heteroatoms. The number of esters is 1. The van der Waals surface area contributed by atoms with E-state index in [0.29, 0.717) is 23.4 Å². The Bertz CT molecular complexity index is 2090. The number of halogens is 2. The van der Waals surface area contributed by atoms with Gasteiger partial charge in [0.1, 0.15) is 24.2 Å². The van der Waals surface area contributed by atoms with Gasteiger partial charge in [-0.05, 0) is 55.8 Å². The quantitative estimate of drug-likeness (QED) is 0.0544. The molecule has 2 aromatic heterocycles. The van der Waals surface area contributed by atoms with Crippen molar-refractivity contribution >= 4 is 62.9 Å². The summed E-state index contributed by atoms with van der Waals surface area (Å²) in [5.74, 6) is -3.25. The fourth-order valence-corrected chi connectivity index (χ4v) is 5.13.